The molecule has 1 aromatic rings. The van der Waals surface area contributed by atoms with E-state index in [9.17, 15) is 9.00 Å². The minimum Gasteiger partial charge on any atom is -0.380 e. The highest BCUT2D eigenvalue weighted by Gasteiger charge is 1.97. The zero-order valence-corrected chi connectivity index (χ0v) is 6.78. The SMILES string of the molecule is O=Cc1ccc(OS(=O)O)cc1. The van der Waals surface area contributed by atoms with Crippen molar-refractivity contribution in [2.24, 2.45) is 0 Å². The number of carbonyl (C=O) groups excluding carboxylic acids is 1. The Morgan fingerprint density at radius 2 is 1.92 bits per heavy atom. The van der Waals surface area contributed by atoms with Gasteiger partial charge in [0.15, 0.2) is 0 Å². The van der Waals surface area contributed by atoms with Crippen LogP contribution in [0.3, 0.4) is 0 Å². The zero-order valence-electron chi connectivity index (χ0n) is 5.97. The fraction of sp³-hybridized carbons (Fsp3) is 0. The highest BCUT2D eigenvalue weighted by molar-refractivity contribution is 7.74. The van der Waals surface area contributed by atoms with Gasteiger partial charge in [-0.15, -0.1) is 0 Å². The van der Waals surface area contributed by atoms with Crippen LogP contribution >= 0.6 is 0 Å². The van der Waals surface area contributed by atoms with E-state index >= 15 is 0 Å². The third-order valence-electron chi connectivity index (χ3n) is 1.18. The summed E-state index contributed by atoms with van der Waals surface area (Å²) in [5.74, 6) is 0.251. The molecule has 1 aromatic carbocycles. The van der Waals surface area contributed by atoms with E-state index in [4.69, 9.17) is 4.55 Å². The molecule has 0 aliphatic heterocycles. The second-order valence-corrected chi connectivity index (χ2v) is 2.59. The Balaban J connectivity index is 2.77. The molecule has 0 bridgehead atoms. The molecule has 0 heterocycles. The van der Waals surface area contributed by atoms with Crippen LogP contribution in [0.1, 0.15) is 10.4 Å². The summed E-state index contributed by atoms with van der Waals surface area (Å²) in [6.45, 7) is 0. The minimum absolute atomic E-state index is 0.251. The largest absolute Gasteiger partial charge is 0.380 e. The Labute approximate surface area is 71.7 Å². The summed E-state index contributed by atoms with van der Waals surface area (Å²) in [7, 11) is 0. The van der Waals surface area contributed by atoms with Gasteiger partial charge in [-0.25, -0.2) is 0 Å². The fourth-order valence-corrected chi connectivity index (χ4v) is 0.960. The summed E-state index contributed by atoms with van der Waals surface area (Å²) < 4.78 is 22.9. The molecular weight excluding hydrogens is 180 g/mol. The number of rotatable bonds is 3. The van der Waals surface area contributed by atoms with Gasteiger partial charge >= 0.3 is 11.4 Å². The first kappa shape index (κ1) is 8.89. The Morgan fingerprint density at radius 1 is 1.33 bits per heavy atom. The third kappa shape index (κ3) is 2.44. The number of benzene rings is 1. The molecular formula is C7H6O4S. The van der Waals surface area contributed by atoms with Gasteiger partial charge in [-0.2, -0.15) is 4.21 Å². The summed E-state index contributed by atoms with van der Waals surface area (Å²) in [6, 6.07) is 5.88. The predicted octanol–water partition coefficient (Wildman–Crippen LogP) is 1.01. The molecule has 1 atom stereocenters. The van der Waals surface area contributed by atoms with E-state index in [-0.39, 0.29) is 5.75 Å². The van der Waals surface area contributed by atoms with Gasteiger partial charge in [0.1, 0.15) is 12.0 Å². The van der Waals surface area contributed by atoms with Gasteiger partial charge in [0.25, 0.3) is 0 Å². The standard InChI is InChI=1S/C7H6O4S/c8-5-6-1-3-7(4-2-6)11-12(9)10/h1-5H,(H,9,10). The molecule has 0 fully saturated rings. The van der Waals surface area contributed by atoms with Crippen molar-refractivity contribution in [1.29, 1.82) is 0 Å². The number of carbonyl (C=O) groups is 1. The van der Waals surface area contributed by atoms with Crippen molar-refractivity contribution in [3.8, 4) is 5.75 Å². The lowest BCUT2D eigenvalue weighted by atomic mass is 10.2. The Hall–Kier alpha value is -1.20. The molecule has 64 valence electrons. The molecule has 1 rings (SSSR count). The van der Waals surface area contributed by atoms with Crippen molar-refractivity contribution in [3.05, 3.63) is 29.8 Å². The fourth-order valence-electron chi connectivity index (χ4n) is 0.684. The molecule has 0 spiro atoms. The van der Waals surface area contributed by atoms with Gasteiger partial charge in [0.05, 0.1) is 0 Å². The van der Waals surface area contributed by atoms with E-state index in [2.05, 4.69) is 4.18 Å². The Kier molecular flexibility index (Phi) is 2.95. The van der Waals surface area contributed by atoms with Crippen LogP contribution in [0, 0.1) is 0 Å². The van der Waals surface area contributed by atoms with Crippen LogP contribution in [0.5, 0.6) is 5.75 Å². The summed E-state index contributed by atoms with van der Waals surface area (Å²) in [4.78, 5) is 10.2. The van der Waals surface area contributed by atoms with Gasteiger partial charge in [0, 0.05) is 5.56 Å². The smallest absolute Gasteiger partial charge is 0.357 e. The Morgan fingerprint density at radius 3 is 2.33 bits per heavy atom. The summed E-state index contributed by atoms with van der Waals surface area (Å²) in [6.07, 6.45) is 0.680. The van der Waals surface area contributed by atoms with Gasteiger partial charge < -0.3 is 4.18 Å². The molecule has 0 amide bonds. The quantitative estimate of drug-likeness (QED) is 0.565. The van der Waals surface area contributed by atoms with Crippen molar-refractivity contribution < 1.29 is 17.7 Å². The predicted molar refractivity (Wildman–Crippen MR) is 43.2 cm³/mol. The highest BCUT2D eigenvalue weighted by Crippen LogP contribution is 2.11. The van der Waals surface area contributed by atoms with Gasteiger partial charge in [-0.3, -0.25) is 9.35 Å². The van der Waals surface area contributed by atoms with Crippen molar-refractivity contribution in [3.63, 3.8) is 0 Å². The van der Waals surface area contributed by atoms with Gasteiger partial charge in [-0.1, -0.05) is 0 Å². The van der Waals surface area contributed by atoms with Crippen LogP contribution in [-0.2, 0) is 11.4 Å². The van der Waals surface area contributed by atoms with Crippen LogP contribution in [0.4, 0.5) is 0 Å². The van der Waals surface area contributed by atoms with Crippen molar-refractivity contribution >= 4 is 17.6 Å². The molecule has 4 nitrogen and oxygen atoms in total. The van der Waals surface area contributed by atoms with Crippen LogP contribution < -0.4 is 4.18 Å². The Bertz CT molecular complexity index is 293. The summed E-state index contributed by atoms with van der Waals surface area (Å²) >= 11 is -2.31. The lowest BCUT2D eigenvalue weighted by Crippen LogP contribution is -1.97. The number of hydrogen-bond donors (Lipinski definition) is 1. The van der Waals surface area contributed by atoms with Crippen molar-refractivity contribution in [2.45, 2.75) is 0 Å². The second kappa shape index (κ2) is 3.99. The molecule has 12 heavy (non-hydrogen) atoms. The molecule has 5 heteroatoms. The van der Waals surface area contributed by atoms with Crippen molar-refractivity contribution in [1.82, 2.24) is 0 Å². The van der Waals surface area contributed by atoms with E-state index < -0.39 is 11.4 Å². The molecule has 0 aliphatic carbocycles. The topological polar surface area (TPSA) is 63.6 Å². The lowest BCUT2D eigenvalue weighted by Gasteiger charge is -1.98. The molecule has 1 unspecified atom stereocenters. The van der Waals surface area contributed by atoms with E-state index in [1.54, 1.807) is 0 Å². The maximum absolute atomic E-state index is 10.2. The van der Waals surface area contributed by atoms with E-state index in [0.717, 1.165) is 0 Å². The molecule has 0 aliphatic rings. The van der Waals surface area contributed by atoms with Crippen LogP contribution in [-0.4, -0.2) is 15.0 Å². The van der Waals surface area contributed by atoms with E-state index in [0.29, 0.717) is 11.8 Å². The molecule has 0 saturated heterocycles. The molecule has 0 aromatic heterocycles. The number of aldehydes is 1. The molecule has 0 radical (unpaired) electrons. The van der Waals surface area contributed by atoms with Gasteiger partial charge in [-0.05, 0) is 24.3 Å². The van der Waals surface area contributed by atoms with Gasteiger partial charge in [0.2, 0.25) is 0 Å². The minimum atomic E-state index is -2.31. The normalized spacial score (nSPS) is 12.1. The first-order valence-electron chi connectivity index (χ1n) is 3.07. The maximum Gasteiger partial charge on any atom is 0.357 e. The number of hydrogen-bond acceptors (Lipinski definition) is 3. The second-order valence-electron chi connectivity index (χ2n) is 1.99. The van der Waals surface area contributed by atoms with E-state index in [1.165, 1.54) is 24.3 Å². The summed E-state index contributed by atoms with van der Waals surface area (Å²) in [5.41, 5.74) is 0.492. The molecule has 0 saturated carbocycles. The zero-order chi connectivity index (χ0) is 8.97. The third-order valence-corrected chi connectivity index (χ3v) is 1.52. The highest BCUT2D eigenvalue weighted by atomic mass is 32.2. The summed E-state index contributed by atoms with van der Waals surface area (Å²) in [5, 5.41) is 0. The van der Waals surface area contributed by atoms with Crippen molar-refractivity contribution in [2.75, 3.05) is 0 Å². The van der Waals surface area contributed by atoms with Crippen LogP contribution in [0.15, 0.2) is 24.3 Å². The monoisotopic (exact) mass is 186 g/mol. The maximum atomic E-state index is 10.2. The first-order valence-corrected chi connectivity index (χ1v) is 4.10. The average Bonchev–Trinajstić information content (AvgIpc) is 2.05. The van der Waals surface area contributed by atoms with E-state index in [1.807, 2.05) is 0 Å². The van der Waals surface area contributed by atoms with Crippen LogP contribution in [0.25, 0.3) is 0 Å². The van der Waals surface area contributed by atoms with Crippen LogP contribution in [0.2, 0.25) is 0 Å². The first-order chi connectivity index (χ1) is 5.72. The lowest BCUT2D eigenvalue weighted by molar-refractivity contribution is 0.112. The average molecular weight is 186 g/mol. The molecule has 1 N–H and O–H groups in total.